The molecular formula is C15H20N2O2. The van der Waals surface area contributed by atoms with E-state index < -0.39 is 0 Å². The van der Waals surface area contributed by atoms with Crippen molar-refractivity contribution >= 4 is 0 Å². The number of hydrogen-bond donors (Lipinski definition) is 0. The Morgan fingerprint density at radius 1 is 1.32 bits per heavy atom. The molecule has 1 aromatic heterocycles. The summed E-state index contributed by atoms with van der Waals surface area (Å²) in [6.45, 7) is 6.85. The molecule has 4 rings (SSSR count). The van der Waals surface area contributed by atoms with E-state index in [1.165, 1.54) is 11.1 Å². The van der Waals surface area contributed by atoms with E-state index in [0.717, 1.165) is 51.4 Å². The van der Waals surface area contributed by atoms with Crippen molar-refractivity contribution in [3.8, 4) is 0 Å². The number of pyridine rings is 1. The normalized spacial score (nSPS) is 26.4. The summed E-state index contributed by atoms with van der Waals surface area (Å²) in [5.41, 5.74) is 3.73. The first-order chi connectivity index (χ1) is 9.27. The van der Waals surface area contributed by atoms with Crippen LogP contribution < -0.4 is 0 Å². The van der Waals surface area contributed by atoms with Crippen LogP contribution in [0.5, 0.6) is 0 Å². The fraction of sp³-hybridized carbons (Fsp3) is 0.667. The average Bonchev–Trinajstić information content (AvgIpc) is 2.69. The van der Waals surface area contributed by atoms with Crippen molar-refractivity contribution in [2.24, 2.45) is 0 Å². The molecule has 1 aromatic rings. The van der Waals surface area contributed by atoms with Gasteiger partial charge in [0.25, 0.3) is 0 Å². The van der Waals surface area contributed by atoms with Gasteiger partial charge in [-0.1, -0.05) is 0 Å². The van der Waals surface area contributed by atoms with Crippen LogP contribution in [0, 0.1) is 6.92 Å². The quantitative estimate of drug-likeness (QED) is 0.768. The highest BCUT2D eigenvalue weighted by Crippen LogP contribution is 2.44. The van der Waals surface area contributed by atoms with Gasteiger partial charge in [-0.25, -0.2) is 0 Å². The number of likely N-dealkylation sites (tertiary alicyclic amines) is 1. The third kappa shape index (κ3) is 1.82. The molecular weight excluding hydrogens is 240 g/mol. The predicted octanol–water partition coefficient (Wildman–Crippen LogP) is 1.61. The molecule has 4 heteroatoms. The zero-order valence-electron chi connectivity index (χ0n) is 11.4. The number of piperidine rings is 1. The van der Waals surface area contributed by atoms with Gasteiger partial charge in [-0.05, 0) is 31.4 Å². The van der Waals surface area contributed by atoms with Gasteiger partial charge in [0, 0.05) is 30.5 Å². The summed E-state index contributed by atoms with van der Waals surface area (Å²) in [7, 11) is 0. The van der Waals surface area contributed by atoms with Gasteiger partial charge in [-0.15, -0.1) is 0 Å². The number of ether oxygens (including phenoxy) is 2. The van der Waals surface area contributed by atoms with E-state index in [2.05, 4.69) is 22.9 Å². The molecule has 2 fully saturated rings. The molecule has 2 saturated heterocycles. The largest absolute Gasteiger partial charge is 0.378 e. The van der Waals surface area contributed by atoms with E-state index >= 15 is 0 Å². The molecule has 0 amide bonds. The first kappa shape index (κ1) is 11.8. The second-order valence-corrected chi connectivity index (χ2v) is 5.99. The molecule has 3 aliphatic rings. The number of aryl methyl sites for hydroxylation is 1. The molecule has 0 bridgehead atoms. The topological polar surface area (TPSA) is 34.6 Å². The molecule has 4 nitrogen and oxygen atoms in total. The standard InChI is InChI=1S/C15H20N2O2/c1-11-6-14-12(7-16-11)8-19-15(14)2-4-17(5-3-15)13-9-18-10-13/h6-7,13H,2-5,8-10H2,1H3. The highest BCUT2D eigenvalue weighted by Gasteiger charge is 2.44. The van der Waals surface area contributed by atoms with Crippen molar-refractivity contribution in [3.63, 3.8) is 0 Å². The maximum absolute atomic E-state index is 6.19. The van der Waals surface area contributed by atoms with Crippen LogP contribution in [-0.4, -0.2) is 42.2 Å². The lowest BCUT2D eigenvalue weighted by Crippen LogP contribution is -2.54. The highest BCUT2D eigenvalue weighted by molar-refractivity contribution is 5.35. The molecule has 1 spiro atoms. The summed E-state index contributed by atoms with van der Waals surface area (Å²) in [6, 6.07) is 2.88. The van der Waals surface area contributed by atoms with Crippen LogP contribution in [0.15, 0.2) is 12.3 Å². The van der Waals surface area contributed by atoms with Gasteiger partial charge in [0.2, 0.25) is 0 Å². The van der Waals surface area contributed by atoms with Crippen LogP contribution in [-0.2, 0) is 21.7 Å². The number of fused-ring (bicyclic) bond motifs is 2. The SMILES string of the molecule is Cc1cc2c(cn1)COC21CCN(C2COC2)CC1. The van der Waals surface area contributed by atoms with Gasteiger partial charge in [-0.3, -0.25) is 9.88 Å². The Labute approximate surface area is 113 Å². The van der Waals surface area contributed by atoms with Crippen molar-refractivity contribution in [2.45, 2.75) is 38.0 Å². The maximum Gasteiger partial charge on any atom is 0.0964 e. The van der Waals surface area contributed by atoms with Crippen LogP contribution >= 0.6 is 0 Å². The van der Waals surface area contributed by atoms with Crippen LogP contribution in [0.1, 0.15) is 29.7 Å². The van der Waals surface area contributed by atoms with Crippen LogP contribution in [0.25, 0.3) is 0 Å². The maximum atomic E-state index is 6.19. The fourth-order valence-electron chi connectivity index (χ4n) is 3.52. The third-order valence-corrected chi connectivity index (χ3v) is 4.86. The Bertz CT molecular complexity index is 491. The van der Waals surface area contributed by atoms with Crippen molar-refractivity contribution < 1.29 is 9.47 Å². The van der Waals surface area contributed by atoms with E-state index in [4.69, 9.17) is 9.47 Å². The fourth-order valence-corrected chi connectivity index (χ4v) is 3.52. The summed E-state index contributed by atoms with van der Waals surface area (Å²) in [6.07, 6.45) is 4.19. The van der Waals surface area contributed by atoms with Crippen molar-refractivity contribution in [1.29, 1.82) is 0 Å². The van der Waals surface area contributed by atoms with E-state index in [-0.39, 0.29) is 5.60 Å². The van der Waals surface area contributed by atoms with Gasteiger partial charge in [0.15, 0.2) is 0 Å². The lowest BCUT2D eigenvalue weighted by Gasteiger charge is -2.45. The average molecular weight is 260 g/mol. The van der Waals surface area contributed by atoms with E-state index in [0.29, 0.717) is 6.04 Å². The number of rotatable bonds is 1. The Morgan fingerprint density at radius 2 is 2.11 bits per heavy atom. The Balaban J connectivity index is 1.56. The molecule has 0 radical (unpaired) electrons. The summed E-state index contributed by atoms with van der Waals surface area (Å²) in [4.78, 5) is 6.95. The minimum atomic E-state index is -0.0376. The predicted molar refractivity (Wildman–Crippen MR) is 70.9 cm³/mol. The van der Waals surface area contributed by atoms with Crippen LogP contribution in [0.4, 0.5) is 0 Å². The minimum absolute atomic E-state index is 0.0376. The van der Waals surface area contributed by atoms with Crippen molar-refractivity contribution in [2.75, 3.05) is 26.3 Å². The van der Waals surface area contributed by atoms with E-state index in [1.807, 2.05) is 6.20 Å². The molecule has 19 heavy (non-hydrogen) atoms. The second-order valence-electron chi connectivity index (χ2n) is 5.99. The molecule has 0 aromatic carbocycles. The summed E-state index contributed by atoms with van der Waals surface area (Å²) >= 11 is 0. The molecule has 0 aliphatic carbocycles. The van der Waals surface area contributed by atoms with E-state index in [1.54, 1.807) is 0 Å². The molecule has 0 atom stereocenters. The molecule has 4 heterocycles. The van der Waals surface area contributed by atoms with Crippen molar-refractivity contribution in [1.82, 2.24) is 9.88 Å². The lowest BCUT2D eigenvalue weighted by molar-refractivity contribution is -0.119. The van der Waals surface area contributed by atoms with Gasteiger partial charge in [0.05, 0.1) is 31.5 Å². The van der Waals surface area contributed by atoms with Crippen molar-refractivity contribution in [3.05, 3.63) is 29.1 Å². The molecule has 102 valence electrons. The smallest absolute Gasteiger partial charge is 0.0964 e. The van der Waals surface area contributed by atoms with Crippen LogP contribution in [0.2, 0.25) is 0 Å². The van der Waals surface area contributed by atoms with Gasteiger partial charge >= 0.3 is 0 Å². The summed E-state index contributed by atoms with van der Waals surface area (Å²) < 4.78 is 11.5. The van der Waals surface area contributed by atoms with Gasteiger partial charge in [0.1, 0.15) is 0 Å². The monoisotopic (exact) mass is 260 g/mol. The Kier molecular flexibility index (Phi) is 2.65. The highest BCUT2D eigenvalue weighted by atomic mass is 16.5. The molecule has 0 unspecified atom stereocenters. The molecule has 0 N–H and O–H groups in total. The lowest BCUT2D eigenvalue weighted by atomic mass is 9.83. The summed E-state index contributed by atoms with van der Waals surface area (Å²) in [5.74, 6) is 0. The summed E-state index contributed by atoms with van der Waals surface area (Å²) in [5, 5.41) is 0. The van der Waals surface area contributed by atoms with E-state index in [9.17, 15) is 0 Å². The molecule has 3 aliphatic heterocycles. The number of aromatic nitrogens is 1. The second kappa shape index (κ2) is 4.27. The molecule has 0 saturated carbocycles. The van der Waals surface area contributed by atoms with Crippen LogP contribution in [0.3, 0.4) is 0 Å². The minimum Gasteiger partial charge on any atom is -0.378 e. The first-order valence-electron chi connectivity index (χ1n) is 7.19. The number of nitrogens with zero attached hydrogens (tertiary/aromatic N) is 2. The Morgan fingerprint density at radius 3 is 2.79 bits per heavy atom. The zero-order valence-corrected chi connectivity index (χ0v) is 11.4. The number of hydrogen-bond acceptors (Lipinski definition) is 4. The van der Waals surface area contributed by atoms with Gasteiger partial charge in [-0.2, -0.15) is 0 Å². The van der Waals surface area contributed by atoms with Gasteiger partial charge < -0.3 is 9.47 Å². The Hall–Kier alpha value is -0.970. The zero-order chi connectivity index (χ0) is 12.9. The third-order valence-electron chi connectivity index (χ3n) is 4.86. The first-order valence-corrected chi connectivity index (χ1v) is 7.19.